The minimum Gasteiger partial charge on any atom is -0.0760 e. The van der Waals surface area contributed by atoms with Crippen molar-refractivity contribution in [1.82, 2.24) is 0 Å². The van der Waals surface area contributed by atoms with Gasteiger partial charge in [-0.2, -0.15) is 0 Å². The van der Waals surface area contributed by atoms with E-state index in [1.807, 2.05) is 0 Å². The van der Waals surface area contributed by atoms with Crippen molar-refractivity contribution in [1.29, 1.82) is 0 Å². The highest BCUT2D eigenvalue weighted by molar-refractivity contribution is 5.78. The number of fused-ring (bicyclic) bond motifs is 3. The highest BCUT2D eigenvalue weighted by Gasteiger charge is 2.39. The molecule has 0 heterocycles. The molecule has 0 aliphatic heterocycles. The lowest BCUT2D eigenvalue weighted by Gasteiger charge is -2.42. The molecule has 2 aromatic carbocycles. The van der Waals surface area contributed by atoms with Crippen molar-refractivity contribution in [3.05, 3.63) is 81.9 Å². The third kappa shape index (κ3) is 2.57. The van der Waals surface area contributed by atoms with E-state index in [9.17, 15) is 0 Å². The maximum Gasteiger partial charge on any atom is 0.00934 e. The molecule has 3 aliphatic carbocycles. The second-order valence-electron chi connectivity index (χ2n) is 10.5. The topological polar surface area (TPSA) is 0 Å². The molecule has 0 radical (unpaired) electrons. The Morgan fingerprint density at radius 3 is 2.36 bits per heavy atom. The van der Waals surface area contributed by atoms with E-state index in [1.54, 1.807) is 22.3 Å². The summed E-state index contributed by atoms with van der Waals surface area (Å²) in [5, 5.41) is 0. The Kier molecular flexibility index (Phi) is 3.83. The SMILES string of the molecule is CC(C1=CCc2cc3c(cc21)C(C)(C)CCC3(C)C)C1C=Cc2ccccc21. The molecule has 3 aliphatic rings. The van der Waals surface area contributed by atoms with E-state index in [2.05, 4.69) is 89.2 Å². The minimum absolute atomic E-state index is 0.274. The van der Waals surface area contributed by atoms with Gasteiger partial charge in [0, 0.05) is 5.92 Å². The van der Waals surface area contributed by atoms with Crippen molar-refractivity contribution in [3.8, 4) is 0 Å². The lowest BCUT2D eigenvalue weighted by molar-refractivity contribution is 0.331. The van der Waals surface area contributed by atoms with Crippen LogP contribution in [-0.4, -0.2) is 0 Å². The molecule has 0 fully saturated rings. The molecule has 144 valence electrons. The Balaban J connectivity index is 1.56. The molecule has 0 N–H and O–H groups in total. The number of rotatable bonds is 2. The van der Waals surface area contributed by atoms with Gasteiger partial charge in [-0.3, -0.25) is 0 Å². The smallest absolute Gasteiger partial charge is 0.00934 e. The van der Waals surface area contributed by atoms with Crippen LogP contribution >= 0.6 is 0 Å². The fourth-order valence-electron chi connectivity index (χ4n) is 5.76. The predicted octanol–water partition coefficient (Wildman–Crippen LogP) is 7.42. The van der Waals surface area contributed by atoms with Gasteiger partial charge in [0.1, 0.15) is 0 Å². The van der Waals surface area contributed by atoms with E-state index >= 15 is 0 Å². The Bertz CT molecular complexity index is 1010. The van der Waals surface area contributed by atoms with Gasteiger partial charge in [-0.15, -0.1) is 0 Å². The van der Waals surface area contributed by atoms with Crippen LogP contribution in [0.15, 0.2) is 48.6 Å². The van der Waals surface area contributed by atoms with Crippen LogP contribution in [0.5, 0.6) is 0 Å². The highest BCUT2D eigenvalue weighted by atomic mass is 14.4. The standard InChI is InChI=1S/C28H32/c1-18(21-12-10-19-8-6-7-9-23(19)21)22-13-11-20-16-25-26(17-24(20)22)28(4,5)15-14-27(25,2)3/h6-10,12-13,16-18,21H,11,14-15H2,1-5H3. The van der Waals surface area contributed by atoms with Gasteiger partial charge in [0.15, 0.2) is 0 Å². The molecule has 5 rings (SSSR count). The average molecular weight is 369 g/mol. The first kappa shape index (κ1) is 18.0. The van der Waals surface area contributed by atoms with E-state index in [4.69, 9.17) is 0 Å². The molecule has 2 atom stereocenters. The maximum absolute atomic E-state index is 2.57. The number of allylic oxidation sites excluding steroid dienone is 3. The summed E-state index contributed by atoms with van der Waals surface area (Å²) in [5.41, 5.74) is 11.3. The van der Waals surface area contributed by atoms with Gasteiger partial charge in [-0.1, -0.05) is 89.2 Å². The molecule has 0 spiro atoms. The second kappa shape index (κ2) is 5.96. The van der Waals surface area contributed by atoms with Gasteiger partial charge in [0.25, 0.3) is 0 Å². The summed E-state index contributed by atoms with van der Waals surface area (Å²) in [6, 6.07) is 14.0. The average Bonchev–Trinajstić information content (AvgIpc) is 3.28. The molecular weight excluding hydrogens is 336 g/mol. The van der Waals surface area contributed by atoms with Crippen LogP contribution < -0.4 is 0 Å². The van der Waals surface area contributed by atoms with E-state index in [-0.39, 0.29) is 5.41 Å². The molecule has 0 heteroatoms. The van der Waals surface area contributed by atoms with Gasteiger partial charge < -0.3 is 0 Å². The van der Waals surface area contributed by atoms with Crippen LogP contribution in [0.2, 0.25) is 0 Å². The quantitative estimate of drug-likeness (QED) is 0.517. The number of hydrogen-bond acceptors (Lipinski definition) is 0. The Labute approximate surface area is 170 Å². The Hall–Kier alpha value is -2.08. The van der Waals surface area contributed by atoms with Crippen LogP contribution in [0.3, 0.4) is 0 Å². The van der Waals surface area contributed by atoms with Gasteiger partial charge in [0.05, 0.1) is 0 Å². The van der Waals surface area contributed by atoms with Crippen molar-refractivity contribution in [2.24, 2.45) is 5.92 Å². The number of benzene rings is 2. The van der Waals surface area contributed by atoms with Gasteiger partial charge >= 0.3 is 0 Å². The minimum atomic E-state index is 0.274. The third-order valence-electron chi connectivity index (χ3n) is 7.80. The molecule has 2 unspecified atom stereocenters. The van der Waals surface area contributed by atoms with Crippen molar-refractivity contribution in [2.45, 2.75) is 70.6 Å². The monoisotopic (exact) mass is 368 g/mol. The third-order valence-corrected chi connectivity index (χ3v) is 7.80. The maximum atomic E-state index is 2.57. The lowest BCUT2D eigenvalue weighted by Crippen LogP contribution is -2.34. The summed E-state index contributed by atoms with van der Waals surface area (Å²) in [6.07, 6.45) is 10.9. The van der Waals surface area contributed by atoms with Crippen LogP contribution in [0, 0.1) is 5.92 Å². The normalized spacial score (nSPS) is 24.3. The molecule has 28 heavy (non-hydrogen) atoms. The Morgan fingerprint density at radius 2 is 1.61 bits per heavy atom. The van der Waals surface area contributed by atoms with E-state index < -0.39 is 0 Å². The summed E-state index contributed by atoms with van der Waals surface area (Å²) < 4.78 is 0. The predicted molar refractivity (Wildman–Crippen MR) is 121 cm³/mol. The van der Waals surface area contributed by atoms with E-state index in [1.165, 1.54) is 29.5 Å². The van der Waals surface area contributed by atoms with Crippen molar-refractivity contribution in [2.75, 3.05) is 0 Å². The molecule has 0 amide bonds. The van der Waals surface area contributed by atoms with Crippen LogP contribution in [0.4, 0.5) is 0 Å². The zero-order valence-corrected chi connectivity index (χ0v) is 18.0. The first-order valence-electron chi connectivity index (χ1n) is 10.9. The summed E-state index contributed by atoms with van der Waals surface area (Å²) in [6.45, 7) is 12.2. The van der Waals surface area contributed by atoms with E-state index in [0.717, 1.165) is 6.42 Å². The molecule has 0 saturated heterocycles. The van der Waals surface area contributed by atoms with E-state index in [0.29, 0.717) is 17.3 Å². The highest BCUT2D eigenvalue weighted by Crippen LogP contribution is 2.50. The van der Waals surface area contributed by atoms with Crippen LogP contribution in [0.25, 0.3) is 11.6 Å². The van der Waals surface area contributed by atoms with Crippen molar-refractivity contribution >= 4 is 11.6 Å². The molecule has 0 aromatic heterocycles. The molecule has 0 nitrogen and oxygen atoms in total. The van der Waals surface area contributed by atoms with Crippen LogP contribution in [-0.2, 0) is 17.3 Å². The summed E-state index contributed by atoms with van der Waals surface area (Å²) in [4.78, 5) is 0. The zero-order valence-electron chi connectivity index (χ0n) is 18.0. The first-order valence-corrected chi connectivity index (χ1v) is 10.9. The van der Waals surface area contributed by atoms with Crippen LogP contribution in [0.1, 0.15) is 86.8 Å². The number of hydrogen-bond donors (Lipinski definition) is 0. The summed E-state index contributed by atoms with van der Waals surface area (Å²) in [5.74, 6) is 1.01. The summed E-state index contributed by atoms with van der Waals surface area (Å²) in [7, 11) is 0. The molecule has 0 bridgehead atoms. The van der Waals surface area contributed by atoms with Gasteiger partial charge in [-0.25, -0.2) is 0 Å². The zero-order chi connectivity index (χ0) is 19.7. The molecular formula is C28H32. The summed E-state index contributed by atoms with van der Waals surface area (Å²) >= 11 is 0. The molecule has 0 saturated carbocycles. The largest absolute Gasteiger partial charge is 0.0760 e. The van der Waals surface area contributed by atoms with Crippen molar-refractivity contribution in [3.63, 3.8) is 0 Å². The van der Waals surface area contributed by atoms with Gasteiger partial charge in [0.2, 0.25) is 0 Å². The molecule has 2 aromatic rings. The van der Waals surface area contributed by atoms with Crippen molar-refractivity contribution < 1.29 is 0 Å². The van der Waals surface area contributed by atoms with Gasteiger partial charge in [-0.05, 0) is 75.0 Å². The lowest BCUT2D eigenvalue weighted by atomic mass is 9.62. The fourth-order valence-corrected chi connectivity index (χ4v) is 5.76. The second-order valence-corrected chi connectivity index (χ2v) is 10.5. The first-order chi connectivity index (χ1) is 13.3. The Morgan fingerprint density at radius 1 is 0.929 bits per heavy atom. The fraction of sp³-hybridized carbons (Fsp3) is 0.429.